The molecule has 0 spiro atoms. The van der Waals surface area contributed by atoms with Crippen LogP contribution < -0.4 is 15.2 Å². The Morgan fingerprint density at radius 1 is 1.07 bits per heavy atom. The van der Waals surface area contributed by atoms with Crippen LogP contribution in [-0.2, 0) is 0 Å². The van der Waals surface area contributed by atoms with E-state index < -0.39 is 0 Å². The minimum absolute atomic E-state index is 0.105. The average molecular weight is 378 g/mol. The van der Waals surface area contributed by atoms with Crippen LogP contribution in [0.4, 0.5) is 5.69 Å². The van der Waals surface area contributed by atoms with Crippen molar-refractivity contribution in [3.05, 3.63) is 70.3 Å². The fourth-order valence-corrected chi connectivity index (χ4v) is 3.54. The molecule has 3 heterocycles. The number of hydrogen-bond donors (Lipinski definition) is 0. The third-order valence-corrected chi connectivity index (χ3v) is 5.07. The minimum atomic E-state index is -0.328. The lowest BCUT2D eigenvalue weighted by atomic mass is 10.2. The van der Waals surface area contributed by atoms with Gasteiger partial charge in [-0.1, -0.05) is 18.2 Å². The van der Waals surface area contributed by atoms with Crippen molar-refractivity contribution in [3.63, 3.8) is 0 Å². The molecule has 4 rings (SSSR count). The largest absolute Gasteiger partial charge is 0.495 e. The number of ether oxygens (including phenoxy) is 1. The quantitative estimate of drug-likeness (QED) is 0.697. The first-order valence-corrected chi connectivity index (χ1v) is 9.24. The molecule has 7 nitrogen and oxygen atoms in total. The zero-order valence-corrected chi connectivity index (χ0v) is 16.0. The fraction of sp³-hybridized carbons (Fsp3) is 0.286. The number of aromatic nitrogens is 2. The number of para-hydroxylation sites is 2. The van der Waals surface area contributed by atoms with Gasteiger partial charge in [0.05, 0.1) is 12.8 Å². The highest BCUT2D eigenvalue weighted by atomic mass is 16.5. The van der Waals surface area contributed by atoms with E-state index in [1.165, 1.54) is 10.6 Å². The Morgan fingerprint density at radius 2 is 1.82 bits per heavy atom. The van der Waals surface area contributed by atoms with Gasteiger partial charge in [0.15, 0.2) is 0 Å². The molecular formula is C21H22N4O3. The Morgan fingerprint density at radius 3 is 2.57 bits per heavy atom. The first-order chi connectivity index (χ1) is 13.6. The molecular weight excluding hydrogens is 356 g/mol. The van der Waals surface area contributed by atoms with Crippen molar-refractivity contribution in [2.45, 2.75) is 6.92 Å². The van der Waals surface area contributed by atoms with Crippen molar-refractivity contribution in [1.82, 2.24) is 14.3 Å². The van der Waals surface area contributed by atoms with E-state index in [9.17, 15) is 9.59 Å². The van der Waals surface area contributed by atoms with Crippen LogP contribution >= 0.6 is 0 Å². The lowest BCUT2D eigenvalue weighted by Crippen LogP contribution is -2.49. The summed E-state index contributed by atoms with van der Waals surface area (Å²) in [6, 6.07) is 11.5. The Bertz CT molecular complexity index is 1080. The van der Waals surface area contributed by atoms with Crippen LogP contribution in [0.5, 0.6) is 5.75 Å². The number of carbonyl (C=O) groups excluding carboxylic acids is 1. The molecule has 1 amide bonds. The van der Waals surface area contributed by atoms with E-state index in [1.54, 1.807) is 24.3 Å². The molecule has 1 aliphatic rings. The summed E-state index contributed by atoms with van der Waals surface area (Å²) in [5, 5.41) is 0. The zero-order valence-electron chi connectivity index (χ0n) is 16.0. The monoisotopic (exact) mass is 378 g/mol. The SMILES string of the molecule is COc1ccccc1N1CCN(C(=O)c2cnc3ccc(C)cn3c2=O)CC1. The second-order valence-electron chi connectivity index (χ2n) is 6.86. The van der Waals surface area contributed by atoms with Crippen molar-refractivity contribution < 1.29 is 9.53 Å². The standard InChI is InChI=1S/C21H22N4O3/c1-15-7-8-19-22-13-16(21(27)25(19)14-15)20(26)24-11-9-23(10-12-24)17-5-3-4-6-18(17)28-2/h3-8,13-14H,9-12H2,1-2H3. The van der Waals surface area contributed by atoms with Crippen molar-refractivity contribution in [3.8, 4) is 5.75 Å². The van der Waals surface area contributed by atoms with Crippen LogP contribution in [0.2, 0.25) is 0 Å². The van der Waals surface area contributed by atoms with Crippen molar-refractivity contribution >= 4 is 17.2 Å². The number of anilines is 1. The van der Waals surface area contributed by atoms with Gasteiger partial charge >= 0.3 is 0 Å². The maximum atomic E-state index is 12.9. The highest BCUT2D eigenvalue weighted by molar-refractivity contribution is 5.94. The van der Waals surface area contributed by atoms with Crippen LogP contribution in [0.15, 0.2) is 53.6 Å². The van der Waals surface area contributed by atoms with E-state index in [0.29, 0.717) is 31.8 Å². The number of benzene rings is 1. The molecule has 0 atom stereocenters. The van der Waals surface area contributed by atoms with E-state index in [0.717, 1.165) is 17.0 Å². The second kappa shape index (κ2) is 7.34. The second-order valence-corrected chi connectivity index (χ2v) is 6.86. The molecule has 3 aromatic rings. The lowest BCUT2D eigenvalue weighted by molar-refractivity contribution is 0.0744. The molecule has 1 aromatic carbocycles. The molecule has 1 fully saturated rings. The third-order valence-electron chi connectivity index (χ3n) is 5.07. The van der Waals surface area contributed by atoms with Gasteiger partial charge in [-0.15, -0.1) is 0 Å². The summed E-state index contributed by atoms with van der Waals surface area (Å²) in [5.41, 5.74) is 2.26. The first kappa shape index (κ1) is 18.0. The molecule has 0 saturated carbocycles. The van der Waals surface area contributed by atoms with Gasteiger partial charge in [0.1, 0.15) is 17.0 Å². The van der Waals surface area contributed by atoms with Gasteiger partial charge in [-0.3, -0.25) is 14.0 Å². The van der Waals surface area contributed by atoms with E-state index in [2.05, 4.69) is 9.88 Å². The van der Waals surface area contributed by atoms with Gasteiger partial charge in [0.2, 0.25) is 0 Å². The van der Waals surface area contributed by atoms with Crippen LogP contribution in [-0.4, -0.2) is 53.5 Å². The summed E-state index contributed by atoms with van der Waals surface area (Å²) in [5.74, 6) is 0.544. The Hall–Kier alpha value is -3.35. The Labute approximate surface area is 162 Å². The molecule has 0 N–H and O–H groups in total. The molecule has 144 valence electrons. The molecule has 7 heteroatoms. The van der Waals surface area contributed by atoms with Crippen LogP contribution in [0.3, 0.4) is 0 Å². The normalized spacial score (nSPS) is 14.4. The number of amides is 1. The number of aryl methyl sites for hydroxylation is 1. The van der Waals surface area contributed by atoms with Crippen molar-refractivity contribution in [1.29, 1.82) is 0 Å². The van der Waals surface area contributed by atoms with E-state index in [-0.39, 0.29) is 17.0 Å². The van der Waals surface area contributed by atoms with Gasteiger partial charge in [-0.05, 0) is 30.7 Å². The smallest absolute Gasteiger partial charge is 0.270 e. The third kappa shape index (κ3) is 3.19. The molecule has 1 saturated heterocycles. The molecule has 0 radical (unpaired) electrons. The number of piperazine rings is 1. The van der Waals surface area contributed by atoms with E-state index in [4.69, 9.17) is 4.74 Å². The topological polar surface area (TPSA) is 67.2 Å². The summed E-state index contributed by atoms with van der Waals surface area (Å²) >= 11 is 0. The molecule has 0 bridgehead atoms. The minimum Gasteiger partial charge on any atom is -0.495 e. The summed E-state index contributed by atoms with van der Waals surface area (Å²) < 4.78 is 6.87. The van der Waals surface area contributed by atoms with Crippen LogP contribution in [0.1, 0.15) is 15.9 Å². The van der Waals surface area contributed by atoms with Crippen LogP contribution in [0, 0.1) is 6.92 Å². The Balaban J connectivity index is 1.54. The highest BCUT2D eigenvalue weighted by Crippen LogP contribution is 2.28. The molecule has 0 unspecified atom stereocenters. The highest BCUT2D eigenvalue weighted by Gasteiger charge is 2.25. The zero-order chi connectivity index (χ0) is 19.7. The number of methoxy groups -OCH3 is 1. The van der Waals surface area contributed by atoms with Crippen LogP contribution in [0.25, 0.3) is 5.65 Å². The maximum absolute atomic E-state index is 12.9. The van der Waals surface area contributed by atoms with Gasteiger partial charge in [0, 0.05) is 38.6 Å². The predicted octanol–water partition coefficient (Wildman–Crippen LogP) is 1.97. The van der Waals surface area contributed by atoms with Crippen molar-refractivity contribution in [2.75, 3.05) is 38.2 Å². The average Bonchev–Trinajstić information content (AvgIpc) is 2.74. The number of pyridine rings is 1. The van der Waals surface area contributed by atoms with E-state index >= 15 is 0 Å². The maximum Gasteiger partial charge on any atom is 0.270 e. The van der Waals surface area contributed by atoms with Crippen molar-refractivity contribution in [2.24, 2.45) is 0 Å². The molecule has 1 aliphatic heterocycles. The summed E-state index contributed by atoms with van der Waals surface area (Å²) in [6.07, 6.45) is 3.10. The van der Waals surface area contributed by atoms with Gasteiger partial charge in [0.25, 0.3) is 11.5 Å². The Kier molecular flexibility index (Phi) is 4.73. The van der Waals surface area contributed by atoms with Gasteiger partial charge < -0.3 is 14.5 Å². The van der Waals surface area contributed by atoms with E-state index in [1.807, 2.05) is 37.3 Å². The number of carbonyl (C=O) groups is 1. The number of fused-ring (bicyclic) bond motifs is 1. The molecule has 0 aliphatic carbocycles. The fourth-order valence-electron chi connectivity index (χ4n) is 3.54. The molecule has 28 heavy (non-hydrogen) atoms. The number of nitrogens with zero attached hydrogens (tertiary/aromatic N) is 4. The lowest BCUT2D eigenvalue weighted by Gasteiger charge is -2.36. The van der Waals surface area contributed by atoms with Gasteiger partial charge in [-0.2, -0.15) is 0 Å². The summed E-state index contributed by atoms with van der Waals surface area (Å²) in [6.45, 7) is 4.32. The predicted molar refractivity (Wildman–Crippen MR) is 107 cm³/mol. The summed E-state index contributed by atoms with van der Waals surface area (Å²) in [7, 11) is 1.65. The first-order valence-electron chi connectivity index (χ1n) is 9.24. The molecule has 2 aromatic heterocycles. The number of hydrogen-bond acceptors (Lipinski definition) is 5. The number of rotatable bonds is 3. The van der Waals surface area contributed by atoms with Gasteiger partial charge in [-0.25, -0.2) is 4.98 Å². The summed E-state index contributed by atoms with van der Waals surface area (Å²) in [4.78, 5) is 33.9.